The van der Waals surface area contributed by atoms with Gasteiger partial charge in [-0.1, -0.05) is 66.5 Å². The van der Waals surface area contributed by atoms with Gasteiger partial charge in [0.25, 0.3) is 0 Å². The number of allylic oxidation sites excluding steroid dienone is 3. The molecule has 3 N–H and O–H groups in total. The first kappa shape index (κ1) is 55.2. The van der Waals surface area contributed by atoms with E-state index >= 15 is 0 Å². The van der Waals surface area contributed by atoms with Crippen molar-refractivity contribution in [1.82, 2.24) is 4.57 Å². The Balaban J connectivity index is 3.25. The normalized spacial score (nSPS) is 22.0. The third-order valence-corrected chi connectivity index (χ3v) is 34.5. The second-order valence-electron chi connectivity index (χ2n) is 20.3. The van der Waals surface area contributed by atoms with Crippen molar-refractivity contribution in [3.05, 3.63) is 43.6 Å². The van der Waals surface area contributed by atoms with Crippen molar-refractivity contribution in [2.75, 3.05) is 13.4 Å². The average molecular weight is 1050 g/mol. The molecule has 332 valence electrons. The molecule has 0 spiro atoms. The summed E-state index contributed by atoms with van der Waals surface area (Å²) in [4.78, 5) is 14.1. The summed E-state index contributed by atoms with van der Waals surface area (Å²) in [5, 5.41) is 34.7. The van der Waals surface area contributed by atoms with E-state index in [-0.39, 0.29) is 30.2 Å². The second-order valence-corrected chi connectivity index (χ2v) is 45.7. The molecule has 1 heterocycles. The molecule has 1 fully saturated rings. The molecule has 0 aromatic heterocycles. The molecule has 1 rings (SSSR count). The van der Waals surface area contributed by atoms with Gasteiger partial charge in [0.2, 0.25) is 5.91 Å². The van der Waals surface area contributed by atoms with Crippen LogP contribution in [0, 0.1) is 11.3 Å². The summed E-state index contributed by atoms with van der Waals surface area (Å²) in [6.45, 7) is 33.4. The van der Waals surface area contributed by atoms with E-state index < -0.39 is 70.4 Å². The number of unbranched alkanes of at least 4 members (excludes halogenated alkanes) is 3. The van der Waals surface area contributed by atoms with Crippen molar-refractivity contribution >= 4 is 63.2 Å². The number of carbonyl (C=O) groups excluding carboxylic acids is 1. The van der Waals surface area contributed by atoms with Crippen molar-refractivity contribution in [2.24, 2.45) is 11.3 Å². The SMILES string of the molecule is CCC[CH2][Sn](/[CH]=C/[C@@H](O)C/C=C(C)/C=C/[C@H](C[C@@H](O)[C@@H](C)[C@H](O)[C@@]1(C)C(=O)N([Si](C)(C)C(C)(C)C)[C@@H]1/C=C(/C)I)OCOCC[Si](C)(C)C)([CH2]CCC)[CH2]CCC. The zero-order chi connectivity index (χ0) is 43.8. The van der Waals surface area contributed by atoms with Gasteiger partial charge in [-0.3, -0.25) is 4.79 Å². The molecule has 0 aromatic carbocycles. The van der Waals surface area contributed by atoms with Crippen LogP contribution in [0.3, 0.4) is 0 Å². The predicted molar refractivity (Wildman–Crippen MR) is 261 cm³/mol. The molecule has 0 radical (unpaired) electrons. The number of carbonyl (C=O) groups is 1. The van der Waals surface area contributed by atoms with Crippen molar-refractivity contribution in [2.45, 2.75) is 208 Å². The summed E-state index contributed by atoms with van der Waals surface area (Å²) in [6.07, 6.45) is 15.7. The molecule has 1 aliphatic rings. The Morgan fingerprint density at radius 3 is 1.98 bits per heavy atom. The van der Waals surface area contributed by atoms with E-state index in [4.69, 9.17) is 9.47 Å². The number of hydrogen-bond donors (Lipinski definition) is 3. The Morgan fingerprint density at radius 2 is 1.51 bits per heavy atom. The number of ether oxygens (including phenoxy) is 2. The van der Waals surface area contributed by atoms with Gasteiger partial charge < -0.3 is 9.67 Å². The van der Waals surface area contributed by atoms with E-state index in [1.807, 2.05) is 39.8 Å². The van der Waals surface area contributed by atoms with Crippen LogP contribution in [-0.4, -0.2) is 104 Å². The number of halogens is 1. The topological polar surface area (TPSA) is 99.5 Å². The van der Waals surface area contributed by atoms with E-state index in [0.29, 0.717) is 13.0 Å². The molecule has 1 amide bonds. The van der Waals surface area contributed by atoms with Gasteiger partial charge in [-0.25, -0.2) is 0 Å². The van der Waals surface area contributed by atoms with Crippen LogP contribution in [0.15, 0.2) is 43.6 Å². The summed E-state index contributed by atoms with van der Waals surface area (Å²) in [6, 6.07) is 0.786. The number of amides is 1. The molecular formula is C46H88INO6Si2Sn. The quantitative estimate of drug-likeness (QED) is 0.0180. The van der Waals surface area contributed by atoms with Gasteiger partial charge in [-0.05, 0) is 51.1 Å². The summed E-state index contributed by atoms with van der Waals surface area (Å²) < 4.78 is 22.0. The van der Waals surface area contributed by atoms with Gasteiger partial charge >= 0.3 is 195 Å². The van der Waals surface area contributed by atoms with Crippen LogP contribution in [0.4, 0.5) is 0 Å². The molecule has 0 saturated carbocycles. The van der Waals surface area contributed by atoms with Crippen LogP contribution in [0.1, 0.15) is 121 Å². The number of hydrogen-bond acceptors (Lipinski definition) is 6. The van der Waals surface area contributed by atoms with Crippen molar-refractivity contribution < 1.29 is 29.6 Å². The number of rotatable bonds is 28. The minimum absolute atomic E-state index is 0.0297. The fraction of sp³-hybridized carbons (Fsp3) is 0.804. The van der Waals surface area contributed by atoms with Crippen molar-refractivity contribution in [3.8, 4) is 0 Å². The third-order valence-electron chi connectivity index (χ3n) is 13.0. The molecule has 0 aromatic rings. The zero-order valence-electron chi connectivity index (χ0n) is 39.2. The van der Waals surface area contributed by atoms with Crippen LogP contribution >= 0.6 is 22.6 Å². The Labute approximate surface area is 371 Å². The molecule has 7 nitrogen and oxygen atoms in total. The molecule has 1 aliphatic heterocycles. The van der Waals surface area contributed by atoms with E-state index in [1.165, 1.54) is 51.8 Å². The summed E-state index contributed by atoms with van der Waals surface area (Å²) in [7, 11) is -3.50. The fourth-order valence-electron chi connectivity index (χ4n) is 7.67. The van der Waals surface area contributed by atoms with E-state index in [2.05, 4.69) is 124 Å². The molecular weight excluding hydrogens is 964 g/mol. The maximum absolute atomic E-state index is 14.1. The Bertz CT molecular complexity index is 1300. The first-order valence-electron chi connectivity index (χ1n) is 22.3. The van der Waals surface area contributed by atoms with E-state index in [1.54, 1.807) is 0 Å². The minimum atomic E-state index is -2.47. The summed E-state index contributed by atoms with van der Waals surface area (Å²) in [5.41, 5.74) is -0.0350. The molecule has 0 unspecified atom stereocenters. The van der Waals surface area contributed by atoms with Crippen LogP contribution in [0.25, 0.3) is 0 Å². The van der Waals surface area contributed by atoms with Crippen molar-refractivity contribution in [3.63, 3.8) is 0 Å². The van der Waals surface area contributed by atoms with Crippen LogP contribution in [0.2, 0.25) is 57.1 Å². The average Bonchev–Trinajstić information content (AvgIpc) is 3.12. The van der Waals surface area contributed by atoms with Crippen molar-refractivity contribution in [1.29, 1.82) is 0 Å². The monoisotopic (exact) mass is 1050 g/mol. The summed E-state index contributed by atoms with van der Waals surface area (Å²) >= 11 is -0.186. The Morgan fingerprint density at radius 1 is 0.965 bits per heavy atom. The van der Waals surface area contributed by atoms with E-state index in [9.17, 15) is 20.1 Å². The number of nitrogens with zero attached hydrogens (tertiary/aromatic N) is 1. The zero-order valence-corrected chi connectivity index (χ0v) is 46.2. The number of aliphatic hydroxyl groups excluding tert-OH is 3. The van der Waals surface area contributed by atoms with Gasteiger partial charge in [0.1, 0.15) is 0 Å². The fourth-order valence-corrected chi connectivity index (χ4v) is 25.7. The van der Waals surface area contributed by atoms with Gasteiger partial charge in [-0.15, -0.1) is 0 Å². The molecule has 0 aliphatic carbocycles. The standard InChI is InChI=1S/C34H61INO6Si2.3C4H9.Sn/c1-14-27(37)17-15-24(2)16-18-28(42-23-41-19-20-43(9,10)11)22-29(38)26(4)31(39)34(8)30(21-25(3)35)36(32(34)40)44(12,13)33(5,6)7;3*1-3-4-2;/h1,14-16,18,21,26-31,37-39H,17,19-20,22-23H2,2-13H3;3*1,3-4H2,2H3;/b14-1?,18-16+,24-15+,25-21-;;;;/t26-,27-,28-,29-,30-,31+,34+;;;;/m1..../s1. The number of β-lactam (4-membered cyclic amide) rings is 1. The molecule has 0 bridgehead atoms. The third kappa shape index (κ3) is 17.5. The maximum atomic E-state index is 14.1. The predicted octanol–water partition coefficient (Wildman–Crippen LogP) is 12.2. The van der Waals surface area contributed by atoms with Crippen LogP contribution in [-0.2, 0) is 14.3 Å². The molecule has 57 heavy (non-hydrogen) atoms. The van der Waals surface area contributed by atoms with Crippen LogP contribution < -0.4 is 0 Å². The van der Waals surface area contributed by atoms with Gasteiger partial charge in [0, 0.05) is 14.7 Å². The molecule has 1 saturated heterocycles. The number of aliphatic hydroxyl groups is 3. The van der Waals surface area contributed by atoms with Gasteiger partial charge in [0.15, 0.2) is 8.24 Å². The second kappa shape index (κ2) is 25.3. The van der Waals surface area contributed by atoms with Gasteiger partial charge in [0.05, 0.1) is 17.6 Å². The van der Waals surface area contributed by atoms with E-state index in [0.717, 1.165) is 15.2 Å². The first-order chi connectivity index (χ1) is 26.3. The molecule has 7 atom stereocenters. The summed E-state index contributed by atoms with van der Waals surface area (Å²) in [5.74, 6) is -0.612. The molecule has 11 heteroatoms. The first-order valence-corrected chi connectivity index (χ1v) is 37.7. The van der Waals surface area contributed by atoms with Gasteiger partial charge in [-0.2, -0.15) is 0 Å². The Hall–Kier alpha value is 0.192. The van der Waals surface area contributed by atoms with Crippen LogP contribution in [0.5, 0.6) is 0 Å². The Kier molecular flexibility index (Phi) is 24.5.